The van der Waals surface area contributed by atoms with Gasteiger partial charge in [-0.2, -0.15) is 0 Å². The highest BCUT2D eigenvalue weighted by Crippen LogP contribution is 2.15. The lowest BCUT2D eigenvalue weighted by molar-refractivity contribution is 0.858. The molecule has 0 spiro atoms. The smallest absolute Gasteiger partial charge is 0.149 e. The van der Waals surface area contributed by atoms with E-state index in [4.69, 9.17) is 17.3 Å². The normalized spacial score (nSPS) is 10.6. The van der Waals surface area contributed by atoms with Crippen LogP contribution in [0, 0.1) is 0 Å². The number of alkyl halides is 1. The summed E-state index contributed by atoms with van der Waals surface area (Å²) in [6.07, 6.45) is 3.71. The number of nitrogens with zero attached hydrogens (tertiary/aromatic N) is 2. The van der Waals surface area contributed by atoms with Gasteiger partial charge >= 0.3 is 0 Å². The Balaban J connectivity index is 1.99. The minimum Gasteiger partial charge on any atom is -0.378 e. The van der Waals surface area contributed by atoms with Crippen molar-refractivity contribution in [1.82, 2.24) is 9.97 Å². The average molecular weight is 334 g/mol. The van der Waals surface area contributed by atoms with Gasteiger partial charge in [-0.1, -0.05) is 19.1 Å². The number of nitrogens with one attached hydrogen (secondary N) is 2. The van der Waals surface area contributed by atoms with Crippen LogP contribution < -0.4 is 16.4 Å². The van der Waals surface area contributed by atoms with Crippen molar-refractivity contribution in [2.24, 2.45) is 5.73 Å². The van der Waals surface area contributed by atoms with Gasteiger partial charge in [-0.05, 0) is 37.1 Å². The molecule has 0 fully saturated rings. The fourth-order valence-electron chi connectivity index (χ4n) is 2.13. The summed E-state index contributed by atoms with van der Waals surface area (Å²) in [5, 5.41) is 6.61. The quantitative estimate of drug-likeness (QED) is 0.485. The third-order valence-corrected chi connectivity index (χ3v) is 3.83. The molecule has 4 N–H and O–H groups in total. The van der Waals surface area contributed by atoms with E-state index in [1.165, 1.54) is 5.56 Å². The summed E-state index contributed by atoms with van der Waals surface area (Å²) in [6, 6.07) is 8.40. The van der Waals surface area contributed by atoms with E-state index in [1.54, 1.807) is 6.20 Å². The van der Waals surface area contributed by atoms with Gasteiger partial charge in [0.05, 0.1) is 12.4 Å². The van der Waals surface area contributed by atoms with E-state index in [9.17, 15) is 0 Å². The standard InChI is InChI=1S/C17H24ClN5/c1-2-13-4-6-15(7-5-13)21-12-16-22-11-14(10-18)17(23-16)20-9-3-8-19/h4-7,11,21H,2-3,8-10,12,19H2,1H3,(H,20,22,23). The Labute approximate surface area is 142 Å². The number of nitrogens with two attached hydrogens (primary N) is 1. The van der Waals surface area contributed by atoms with Crippen LogP contribution >= 0.6 is 11.6 Å². The lowest BCUT2D eigenvalue weighted by atomic mass is 10.1. The predicted molar refractivity (Wildman–Crippen MR) is 96.9 cm³/mol. The molecule has 0 unspecified atom stereocenters. The van der Waals surface area contributed by atoms with E-state index in [0.29, 0.717) is 19.0 Å². The molecule has 0 aliphatic heterocycles. The highest BCUT2D eigenvalue weighted by atomic mass is 35.5. The molecule has 2 rings (SSSR count). The maximum atomic E-state index is 5.94. The molecule has 5 nitrogen and oxygen atoms in total. The molecule has 0 amide bonds. The van der Waals surface area contributed by atoms with Crippen LogP contribution in [-0.2, 0) is 18.8 Å². The first-order valence-electron chi connectivity index (χ1n) is 7.94. The summed E-state index contributed by atoms with van der Waals surface area (Å²) in [6.45, 7) is 4.15. The fourth-order valence-corrected chi connectivity index (χ4v) is 2.32. The second kappa shape index (κ2) is 9.33. The van der Waals surface area contributed by atoms with Crippen molar-refractivity contribution in [2.45, 2.75) is 32.2 Å². The summed E-state index contributed by atoms with van der Waals surface area (Å²) >= 11 is 5.94. The first-order valence-corrected chi connectivity index (χ1v) is 8.47. The monoisotopic (exact) mass is 333 g/mol. The summed E-state index contributed by atoms with van der Waals surface area (Å²) < 4.78 is 0. The van der Waals surface area contributed by atoms with Crippen molar-refractivity contribution >= 4 is 23.1 Å². The number of hydrogen-bond donors (Lipinski definition) is 3. The maximum absolute atomic E-state index is 5.94. The third kappa shape index (κ3) is 5.37. The zero-order valence-corrected chi connectivity index (χ0v) is 14.2. The number of halogens is 1. The molecule has 0 saturated carbocycles. The predicted octanol–water partition coefficient (Wildman–Crippen LogP) is 3.15. The fraction of sp³-hybridized carbons (Fsp3) is 0.412. The molecule has 1 aromatic carbocycles. The molecule has 0 aliphatic carbocycles. The largest absolute Gasteiger partial charge is 0.378 e. The molecule has 1 aromatic heterocycles. The molecule has 0 atom stereocenters. The van der Waals surface area contributed by atoms with Crippen LogP contribution in [0.1, 0.15) is 30.3 Å². The van der Waals surface area contributed by atoms with E-state index in [2.05, 4.69) is 51.8 Å². The summed E-state index contributed by atoms with van der Waals surface area (Å²) in [7, 11) is 0. The number of rotatable bonds is 9. The van der Waals surface area contributed by atoms with Gasteiger partial charge in [0.15, 0.2) is 0 Å². The van der Waals surface area contributed by atoms with E-state index in [-0.39, 0.29) is 0 Å². The molecule has 23 heavy (non-hydrogen) atoms. The van der Waals surface area contributed by atoms with Gasteiger partial charge in [0.1, 0.15) is 11.6 Å². The molecular weight excluding hydrogens is 310 g/mol. The van der Waals surface area contributed by atoms with Gasteiger partial charge in [0.25, 0.3) is 0 Å². The zero-order valence-electron chi connectivity index (χ0n) is 13.5. The van der Waals surface area contributed by atoms with Crippen LogP contribution in [0.25, 0.3) is 0 Å². The van der Waals surface area contributed by atoms with Crippen molar-refractivity contribution in [2.75, 3.05) is 23.7 Å². The first-order chi connectivity index (χ1) is 11.3. The number of hydrogen-bond acceptors (Lipinski definition) is 5. The lowest BCUT2D eigenvalue weighted by Crippen LogP contribution is -2.13. The average Bonchev–Trinajstić information content (AvgIpc) is 2.61. The van der Waals surface area contributed by atoms with Crippen LogP contribution in [0.3, 0.4) is 0 Å². The minimum atomic E-state index is 0.386. The Hall–Kier alpha value is -1.85. The molecule has 0 radical (unpaired) electrons. The molecule has 2 aromatic rings. The van der Waals surface area contributed by atoms with Gasteiger partial charge in [-0.25, -0.2) is 9.97 Å². The summed E-state index contributed by atoms with van der Waals surface area (Å²) in [5.74, 6) is 1.91. The zero-order chi connectivity index (χ0) is 16.5. The molecule has 6 heteroatoms. The molecule has 124 valence electrons. The first kappa shape index (κ1) is 17.5. The van der Waals surface area contributed by atoms with Crippen molar-refractivity contribution in [1.29, 1.82) is 0 Å². The van der Waals surface area contributed by atoms with E-state index < -0.39 is 0 Å². The van der Waals surface area contributed by atoms with Gasteiger partial charge in [0.2, 0.25) is 0 Å². The maximum Gasteiger partial charge on any atom is 0.149 e. The van der Waals surface area contributed by atoms with Gasteiger partial charge < -0.3 is 16.4 Å². The van der Waals surface area contributed by atoms with Gasteiger partial charge in [0, 0.05) is 24.0 Å². The summed E-state index contributed by atoms with van der Waals surface area (Å²) in [5.41, 5.74) is 8.80. The second-order valence-electron chi connectivity index (χ2n) is 5.27. The van der Waals surface area contributed by atoms with Crippen molar-refractivity contribution in [3.8, 4) is 0 Å². The van der Waals surface area contributed by atoms with Crippen molar-refractivity contribution < 1.29 is 0 Å². The summed E-state index contributed by atoms with van der Waals surface area (Å²) in [4.78, 5) is 8.92. The highest BCUT2D eigenvalue weighted by molar-refractivity contribution is 6.17. The van der Waals surface area contributed by atoms with Crippen LogP contribution in [0.4, 0.5) is 11.5 Å². The molecular formula is C17H24ClN5. The molecule has 0 bridgehead atoms. The topological polar surface area (TPSA) is 75.9 Å². The van der Waals surface area contributed by atoms with E-state index >= 15 is 0 Å². The minimum absolute atomic E-state index is 0.386. The van der Waals surface area contributed by atoms with Gasteiger partial charge in [-0.15, -0.1) is 11.6 Å². The number of aryl methyl sites for hydroxylation is 1. The Kier molecular flexibility index (Phi) is 7.10. The Morgan fingerprint density at radius 1 is 1.17 bits per heavy atom. The number of benzene rings is 1. The molecule has 1 heterocycles. The van der Waals surface area contributed by atoms with Crippen molar-refractivity contribution in [3.63, 3.8) is 0 Å². The van der Waals surface area contributed by atoms with E-state index in [1.807, 2.05) is 0 Å². The van der Waals surface area contributed by atoms with Crippen molar-refractivity contribution in [3.05, 3.63) is 47.4 Å². The SMILES string of the molecule is CCc1ccc(NCc2ncc(CCl)c(NCCCN)n2)cc1. The lowest BCUT2D eigenvalue weighted by Gasteiger charge is -2.11. The highest BCUT2D eigenvalue weighted by Gasteiger charge is 2.06. The molecule has 0 saturated heterocycles. The van der Waals surface area contributed by atoms with Crippen LogP contribution in [0.15, 0.2) is 30.5 Å². The van der Waals surface area contributed by atoms with Crippen LogP contribution in [0.5, 0.6) is 0 Å². The Morgan fingerprint density at radius 2 is 1.96 bits per heavy atom. The molecule has 0 aliphatic rings. The van der Waals surface area contributed by atoms with Crippen LogP contribution in [0.2, 0.25) is 0 Å². The van der Waals surface area contributed by atoms with Gasteiger partial charge in [-0.3, -0.25) is 0 Å². The number of anilines is 2. The van der Waals surface area contributed by atoms with Crippen LogP contribution in [-0.4, -0.2) is 23.1 Å². The Morgan fingerprint density at radius 3 is 2.61 bits per heavy atom. The van der Waals surface area contributed by atoms with E-state index in [0.717, 1.165) is 42.3 Å². The number of aromatic nitrogens is 2. The second-order valence-corrected chi connectivity index (χ2v) is 5.53. The Bertz CT molecular complexity index is 600. The third-order valence-electron chi connectivity index (χ3n) is 3.54.